The van der Waals surface area contributed by atoms with Gasteiger partial charge in [0.1, 0.15) is 0 Å². The highest BCUT2D eigenvalue weighted by atomic mass is 14.4. The lowest BCUT2D eigenvalue weighted by Gasteiger charge is -2.22. The van der Waals surface area contributed by atoms with Crippen molar-refractivity contribution in [2.75, 3.05) is 0 Å². The lowest BCUT2D eigenvalue weighted by Crippen LogP contribution is -1.96. The Hall–Kier alpha value is -9.88. The Kier molecular flexibility index (Phi) is 9.07. The molecule has 0 saturated heterocycles. The van der Waals surface area contributed by atoms with Gasteiger partial charge in [-0.05, 0) is 201 Å². The summed E-state index contributed by atoms with van der Waals surface area (Å²) in [4.78, 5) is 0. The predicted octanol–water partition coefficient (Wildman–Crippen LogP) is 22.0. The Morgan fingerprint density at radius 2 is 0.410 bits per heavy atom. The van der Waals surface area contributed by atoms with Gasteiger partial charge in [0.15, 0.2) is 0 Å². The van der Waals surface area contributed by atoms with E-state index in [1.165, 1.54) is 187 Å². The van der Waals surface area contributed by atoms with Crippen LogP contribution in [0.2, 0.25) is 0 Å². The highest BCUT2D eigenvalue weighted by molar-refractivity contribution is 6.42. The zero-order chi connectivity index (χ0) is 51.3. The fourth-order valence-electron chi connectivity index (χ4n) is 14.6. The molecule has 0 heterocycles. The normalized spacial score (nSPS) is 12.2. The van der Waals surface area contributed by atoms with Crippen LogP contribution in [0.4, 0.5) is 0 Å². The molecule has 0 atom stereocenters. The first-order chi connectivity index (χ1) is 38.6. The molecular weight excluding hydrogens is 937 g/mol. The first-order valence-electron chi connectivity index (χ1n) is 27.4. The molecule has 0 aliphatic heterocycles. The minimum Gasteiger partial charge on any atom is -0.0622 e. The van der Waals surface area contributed by atoms with Crippen molar-refractivity contribution >= 4 is 64.6 Å². The fourth-order valence-corrected chi connectivity index (χ4v) is 14.6. The second-order valence-electron chi connectivity index (χ2n) is 21.7. The predicted molar refractivity (Wildman–Crippen MR) is 334 cm³/mol. The van der Waals surface area contributed by atoms with E-state index in [9.17, 15) is 0 Å². The Morgan fingerprint density at radius 1 is 0.154 bits per heavy atom. The molecular formula is C78H48. The average Bonchev–Trinajstić information content (AvgIpc) is 4.19. The number of benzene rings is 15. The summed E-state index contributed by atoms with van der Waals surface area (Å²) in [5.74, 6) is 0. The van der Waals surface area contributed by atoms with Crippen LogP contribution in [0.15, 0.2) is 255 Å². The molecule has 0 aromatic heterocycles. The van der Waals surface area contributed by atoms with Crippen molar-refractivity contribution in [3.63, 3.8) is 0 Å². The van der Waals surface area contributed by atoms with Gasteiger partial charge in [0, 0.05) is 0 Å². The molecule has 0 saturated carbocycles. The third-order valence-corrected chi connectivity index (χ3v) is 17.8. The Balaban J connectivity index is 0.998. The van der Waals surface area contributed by atoms with Crippen LogP contribution >= 0.6 is 0 Å². The van der Waals surface area contributed by atoms with Crippen LogP contribution in [0.1, 0.15) is 11.1 Å². The lowest BCUT2D eigenvalue weighted by molar-refractivity contribution is 1.47. The van der Waals surface area contributed by atoms with Crippen molar-refractivity contribution < 1.29 is 0 Å². The number of hydrogen-bond acceptors (Lipinski definition) is 0. The zero-order valence-corrected chi connectivity index (χ0v) is 43.2. The summed E-state index contributed by atoms with van der Waals surface area (Å²) in [5, 5.41) is 15.7. The monoisotopic (exact) mass is 984 g/mol. The minimum atomic E-state index is 1.22. The smallest absolute Gasteiger partial charge is 0.000718 e. The van der Waals surface area contributed by atoms with Gasteiger partial charge in [-0.3, -0.25) is 0 Å². The average molecular weight is 985 g/mol. The number of aryl methyl sites for hydroxylation is 2. The van der Waals surface area contributed by atoms with E-state index < -0.39 is 0 Å². The fraction of sp³-hybridized carbons (Fsp3) is 0.0256. The molecule has 0 heteroatoms. The summed E-state index contributed by atoms with van der Waals surface area (Å²) in [5.41, 5.74) is 28.3. The molecule has 17 rings (SSSR count). The van der Waals surface area contributed by atoms with Crippen molar-refractivity contribution in [3.05, 3.63) is 266 Å². The van der Waals surface area contributed by atoms with Gasteiger partial charge in [-0.1, -0.05) is 255 Å². The highest BCUT2D eigenvalue weighted by Crippen LogP contribution is 2.64. The highest BCUT2D eigenvalue weighted by Gasteiger charge is 2.36. The maximum Gasteiger partial charge on any atom is -0.000718 e. The molecule has 0 radical (unpaired) electrons. The number of fused-ring (bicyclic) bond motifs is 10. The number of hydrogen-bond donors (Lipinski definition) is 0. The van der Waals surface area contributed by atoms with Crippen LogP contribution in [-0.4, -0.2) is 0 Å². The van der Waals surface area contributed by atoms with E-state index in [-0.39, 0.29) is 0 Å². The van der Waals surface area contributed by atoms with Crippen molar-refractivity contribution in [1.82, 2.24) is 0 Å². The van der Waals surface area contributed by atoms with Gasteiger partial charge in [-0.25, -0.2) is 0 Å². The standard InChI is InChI=1S/C78H48/c1-45-21-9-11-27-49(45)67-55-33-17-19-35-57(55)71(53-31-15-13-29-51(53)47-23-5-3-6-24-47)77-65-43-39-61-62-40-44-66-74-64(42-38-60(70(62)74)59-37-41-63(75(67)77)73(65)69(59)61)76-68(50-28-12-10-22-46(50)2)56-34-18-20-36-58(56)72(78(66)76)54-32-16-14-30-52(54)48-25-7-4-8-26-48/h3-44H,1-2H3. The summed E-state index contributed by atoms with van der Waals surface area (Å²) in [7, 11) is 0. The van der Waals surface area contributed by atoms with Gasteiger partial charge in [-0.2, -0.15) is 0 Å². The summed E-state index contributed by atoms with van der Waals surface area (Å²) in [6.45, 7) is 4.55. The second-order valence-corrected chi connectivity index (χ2v) is 21.7. The van der Waals surface area contributed by atoms with E-state index in [2.05, 4.69) is 269 Å². The third-order valence-electron chi connectivity index (χ3n) is 17.8. The van der Waals surface area contributed by atoms with Gasteiger partial charge >= 0.3 is 0 Å². The van der Waals surface area contributed by atoms with Crippen LogP contribution in [-0.2, 0) is 0 Å². The lowest BCUT2D eigenvalue weighted by atomic mass is 9.80. The molecule has 78 heavy (non-hydrogen) atoms. The van der Waals surface area contributed by atoms with Gasteiger partial charge in [0.05, 0.1) is 0 Å². The quantitative estimate of drug-likeness (QED) is 0.115. The van der Waals surface area contributed by atoms with Crippen LogP contribution < -0.4 is 0 Å². The molecule has 360 valence electrons. The topological polar surface area (TPSA) is 0 Å². The second kappa shape index (κ2) is 16.3. The van der Waals surface area contributed by atoms with Crippen LogP contribution in [0, 0.1) is 13.8 Å². The van der Waals surface area contributed by atoms with E-state index >= 15 is 0 Å². The summed E-state index contributed by atoms with van der Waals surface area (Å²) in [6.07, 6.45) is 0. The molecule has 0 bridgehead atoms. The van der Waals surface area contributed by atoms with E-state index in [4.69, 9.17) is 0 Å². The zero-order valence-electron chi connectivity index (χ0n) is 43.2. The molecule has 15 aromatic carbocycles. The summed E-state index contributed by atoms with van der Waals surface area (Å²) >= 11 is 0. The van der Waals surface area contributed by atoms with Gasteiger partial charge in [0.25, 0.3) is 0 Å². The largest absolute Gasteiger partial charge is 0.0622 e. The molecule has 0 unspecified atom stereocenters. The molecule has 0 N–H and O–H groups in total. The summed E-state index contributed by atoms with van der Waals surface area (Å²) in [6, 6.07) is 96.2. The molecule has 0 nitrogen and oxygen atoms in total. The summed E-state index contributed by atoms with van der Waals surface area (Å²) < 4.78 is 0. The van der Waals surface area contributed by atoms with Crippen LogP contribution in [0.5, 0.6) is 0 Å². The number of rotatable bonds is 6. The SMILES string of the molecule is Cc1ccccc1-c1c2c(c(-c3ccccc3-c3ccccc3)c3ccccc13)-c1ccc3c4ccc5c6c(ccc(c7ccc-2c1c73)c64)-c1c-5c(-c2ccccc2-c2ccccc2)c2ccccc2c1-c1ccccc1C. The van der Waals surface area contributed by atoms with Crippen LogP contribution in [0.25, 0.3) is 176 Å². The van der Waals surface area contributed by atoms with Crippen molar-refractivity contribution in [3.8, 4) is 111 Å². The minimum absolute atomic E-state index is 1.22. The van der Waals surface area contributed by atoms with Gasteiger partial charge in [0.2, 0.25) is 0 Å². The van der Waals surface area contributed by atoms with E-state index in [1.807, 2.05) is 0 Å². The van der Waals surface area contributed by atoms with Crippen LogP contribution in [0.3, 0.4) is 0 Å². The van der Waals surface area contributed by atoms with E-state index in [0.717, 1.165) is 0 Å². The van der Waals surface area contributed by atoms with E-state index in [1.54, 1.807) is 0 Å². The van der Waals surface area contributed by atoms with Gasteiger partial charge in [-0.15, -0.1) is 0 Å². The first-order valence-corrected chi connectivity index (χ1v) is 27.4. The Labute approximate surface area is 453 Å². The molecule has 0 amide bonds. The maximum atomic E-state index is 2.48. The first kappa shape index (κ1) is 43.4. The van der Waals surface area contributed by atoms with Crippen molar-refractivity contribution in [2.45, 2.75) is 13.8 Å². The molecule has 2 aliphatic carbocycles. The van der Waals surface area contributed by atoms with E-state index in [0.29, 0.717) is 0 Å². The molecule has 2 aliphatic rings. The molecule has 0 fully saturated rings. The third kappa shape index (κ3) is 5.79. The maximum absolute atomic E-state index is 2.48. The van der Waals surface area contributed by atoms with Crippen molar-refractivity contribution in [2.24, 2.45) is 0 Å². The van der Waals surface area contributed by atoms with Gasteiger partial charge < -0.3 is 0 Å². The molecule has 0 spiro atoms. The Morgan fingerprint density at radius 3 is 0.731 bits per heavy atom. The Bertz CT molecular complexity index is 4730. The molecule has 15 aromatic rings. The van der Waals surface area contributed by atoms with Crippen molar-refractivity contribution in [1.29, 1.82) is 0 Å².